The number of carbonyl (C=O) groups excluding carboxylic acids is 2. The summed E-state index contributed by atoms with van der Waals surface area (Å²) in [4.78, 5) is 25.0. The minimum Gasteiger partial charge on any atom is -0.507 e. The minimum atomic E-state index is -1.11. The van der Waals surface area contributed by atoms with Crippen LogP contribution in [0.1, 0.15) is 26.3 Å². The zero-order valence-corrected chi connectivity index (χ0v) is 16.8. The molecule has 1 aromatic heterocycles. The maximum atomic E-state index is 14.5. The third-order valence-corrected chi connectivity index (χ3v) is 5.40. The quantitative estimate of drug-likeness (QED) is 0.536. The van der Waals surface area contributed by atoms with Gasteiger partial charge in [-0.3, -0.25) is 4.79 Å². The number of nitrogens with one attached hydrogen (secondary N) is 1. The lowest BCUT2D eigenvalue weighted by Gasteiger charge is -2.10. The first kappa shape index (κ1) is 20.8. The molecule has 0 aliphatic carbocycles. The van der Waals surface area contributed by atoms with Crippen LogP contribution in [0.25, 0.3) is 10.4 Å². The third kappa shape index (κ3) is 3.94. The van der Waals surface area contributed by atoms with E-state index in [1.807, 2.05) is 0 Å². The highest BCUT2D eigenvalue weighted by Crippen LogP contribution is 2.39. The van der Waals surface area contributed by atoms with E-state index in [1.165, 1.54) is 42.6 Å². The van der Waals surface area contributed by atoms with Crippen molar-refractivity contribution >= 4 is 40.5 Å². The third-order valence-electron chi connectivity index (χ3n) is 4.15. The Morgan fingerprint density at radius 2 is 1.90 bits per heavy atom. The Kier molecular flexibility index (Phi) is 5.86. The molecule has 0 saturated heterocycles. The number of amides is 1. The predicted molar refractivity (Wildman–Crippen MR) is 107 cm³/mol. The molecule has 0 saturated carbocycles. The van der Waals surface area contributed by atoms with Gasteiger partial charge in [0.05, 0.1) is 23.2 Å². The van der Waals surface area contributed by atoms with Gasteiger partial charge in [-0.25, -0.2) is 13.6 Å². The van der Waals surface area contributed by atoms with Crippen LogP contribution in [-0.4, -0.2) is 24.1 Å². The number of esters is 1. The summed E-state index contributed by atoms with van der Waals surface area (Å²) in [6.45, 7) is 1.42. The number of anilines is 1. The molecule has 1 heterocycles. The molecule has 1 amide bonds. The van der Waals surface area contributed by atoms with Crippen molar-refractivity contribution in [1.82, 2.24) is 0 Å². The first-order valence-electron chi connectivity index (χ1n) is 8.19. The van der Waals surface area contributed by atoms with Gasteiger partial charge in [0.25, 0.3) is 5.91 Å². The van der Waals surface area contributed by atoms with Crippen molar-refractivity contribution in [3.8, 4) is 16.2 Å². The van der Waals surface area contributed by atoms with Crippen LogP contribution in [0.3, 0.4) is 0 Å². The molecular weight excluding hydrogens is 424 g/mol. The van der Waals surface area contributed by atoms with E-state index in [0.29, 0.717) is 0 Å². The van der Waals surface area contributed by atoms with Gasteiger partial charge in [0.15, 0.2) is 11.6 Å². The van der Waals surface area contributed by atoms with Gasteiger partial charge in [-0.05, 0) is 30.7 Å². The molecule has 0 bridgehead atoms. The van der Waals surface area contributed by atoms with Crippen molar-refractivity contribution in [2.45, 2.75) is 6.92 Å². The van der Waals surface area contributed by atoms with Gasteiger partial charge in [-0.1, -0.05) is 23.7 Å². The summed E-state index contributed by atoms with van der Waals surface area (Å²) in [5.41, 5.74) is -0.234. The summed E-state index contributed by atoms with van der Waals surface area (Å²) in [5.74, 6) is -4.03. The zero-order valence-electron chi connectivity index (χ0n) is 15.2. The number of halogens is 3. The van der Waals surface area contributed by atoms with Gasteiger partial charge in [-0.2, -0.15) is 0 Å². The molecule has 0 radical (unpaired) electrons. The molecule has 150 valence electrons. The predicted octanol–water partition coefficient (Wildman–Crippen LogP) is 5.40. The first-order valence-corrected chi connectivity index (χ1v) is 9.45. The normalized spacial score (nSPS) is 10.7. The number of rotatable bonds is 4. The van der Waals surface area contributed by atoms with Crippen LogP contribution in [-0.2, 0) is 4.74 Å². The fourth-order valence-corrected chi connectivity index (χ4v) is 3.83. The Hall–Kier alpha value is -2.97. The van der Waals surface area contributed by atoms with Crippen molar-refractivity contribution in [2.75, 3.05) is 12.4 Å². The molecule has 0 spiro atoms. The van der Waals surface area contributed by atoms with Crippen LogP contribution in [0.15, 0.2) is 35.7 Å². The number of phenolic OH excluding ortho intramolecular Hbond substituents is 1. The van der Waals surface area contributed by atoms with Crippen LogP contribution >= 0.6 is 22.9 Å². The van der Waals surface area contributed by atoms with E-state index in [9.17, 15) is 23.5 Å². The largest absolute Gasteiger partial charge is 0.507 e. The maximum Gasteiger partial charge on any atom is 0.341 e. The highest BCUT2D eigenvalue weighted by Gasteiger charge is 2.26. The maximum absolute atomic E-state index is 14.5. The van der Waals surface area contributed by atoms with Gasteiger partial charge in [0.1, 0.15) is 11.3 Å². The Morgan fingerprint density at radius 1 is 1.17 bits per heavy atom. The standard InChI is InChI=1S/C20H14ClF2NO4S/c1-9-3-5-11(17(23)16(9)22)18-15(20(27)28-2)13(8-29-18)24-19(26)12-7-10(21)4-6-14(12)25/h3-8,25H,1-2H3,(H,24,26). The second kappa shape index (κ2) is 8.18. The molecule has 0 atom stereocenters. The van der Waals surface area contributed by atoms with E-state index in [4.69, 9.17) is 16.3 Å². The van der Waals surface area contributed by atoms with Gasteiger partial charge in [0, 0.05) is 16.0 Å². The average molecular weight is 438 g/mol. The molecule has 0 aliphatic heterocycles. The van der Waals surface area contributed by atoms with Crippen molar-refractivity contribution in [2.24, 2.45) is 0 Å². The number of phenols is 1. The van der Waals surface area contributed by atoms with Crippen molar-refractivity contribution < 1.29 is 28.2 Å². The van der Waals surface area contributed by atoms with E-state index in [0.717, 1.165) is 18.4 Å². The number of methoxy groups -OCH3 is 1. The molecule has 2 aromatic carbocycles. The fourth-order valence-electron chi connectivity index (χ4n) is 2.65. The SMILES string of the molecule is COC(=O)c1c(NC(=O)c2cc(Cl)ccc2O)csc1-c1ccc(C)c(F)c1F. The Bertz CT molecular complexity index is 1130. The van der Waals surface area contributed by atoms with E-state index < -0.39 is 23.5 Å². The number of aryl methyl sites for hydroxylation is 1. The molecule has 9 heteroatoms. The lowest BCUT2D eigenvalue weighted by molar-refractivity contribution is 0.0603. The number of hydrogen-bond acceptors (Lipinski definition) is 5. The summed E-state index contributed by atoms with van der Waals surface area (Å²) in [5, 5.41) is 14.0. The summed E-state index contributed by atoms with van der Waals surface area (Å²) >= 11 is 6.79. The Balaban J connectivity index is 2.08. The summed E-state index contributed by atoms with van der Waals surface area (Å²) in [6.07, 6.45) is 0. The molecular formula is C20H14ClF2NO4S. The molecule has 0 fully saturated rings. The Morgan fingerprint density at radius 3 is 2.59 bits per heavy atom. The molecule has 2 N–H and O–H groups in total. The number of ether oxygens (including phenoxy) is 1. The zero-order chi connectivity index (χ0) is 21.3. The number of carbonyl (C=O) groups is 2. The average Bonchev–Trinajstić information content (AvgIpc) is 3.10. The summed E-state index contributed by atoms with van der Waals surface area (Å²) < 4.78 is 33.2. The smallest absolute Gasteiger partial charge is 0.341 e. The van der Waals surface area contributed by atoms with Crippen LogP contribution in [0, 0.1) is 18.6 Å². The van der Waals surface area contributed by atoms with Crippen LogP contribution in [0.4, 0.5) is 14.5 Å². The van der Waals surface area contributed by atoms with Gasteiger partial charge in [0.2, 0.25) is 0 Å². The van der Waals surface area contributed by atoms with E-state index in [1.54, 1.807) is 0 Å². The number of aromatic hydroxyl groups is 1. The van der Waals surface area contributed by atoms with E-state index in [-0.39, 0.29) is 43.6 Å². The number of thiophene rings is 1. The lowest BCUT2D eigenvalue weighted by Crippen LogP contribution is -2.15. The van der Waals surface area contributed by atoms with Crippen molar-refractivity contribution in [3.63, 3.8) is 0 Å². The molecule has 5 nitrogen and oxygen atoms in total. The molecule has 3 rings (SSSR count). The Labute approximate surface area is 173 Å². The van der Waals surface area contributed by atoms with Crippen LogP contribution in [0.2, 0.25) is 5.02 Å². The molecule has 0 aliphatic rings. The fraction of sp³-hybridized carbons (Fsp3) is 0.100. The minimum absolute atomic E-state index is 0.0293. The van der Waals surface area contributed by atoms with Crippen LogP contribution in [0.5, 0.6) is 5.75 Å². The molecule has 29 heavy (non-hydrogen) atoms. The van der Waals surface area contributed by atoms with Gasteiger partial charge >= 0.3 is 5.97 Å². The summed E-state index contributed by atoms with van der Waals surface area (Å²) in [6, 6.07) is 6.65. The molecule has 0 unspecified atom stereocenters. The van der Waals surface area contributed by atoms with E-state index >= 15 is 0 Å². The van der Waals surface area contributed by atoms with Crippen molar-refractivity contribution in [3.05, 3.63) is 69.1 Å². The highest BCUT2D eigenvalue weighted by molar-refractivity contribution is 7.14. The second-order valence-electron chi connectivity index (χ2n) is 6.02. The summed E-state index contributed by atoms with van der Waals surface area (Å²) in [7, 11) is 1.13. The first-order chi connectivity index (χ1) is 13.7. The number of hydrogen-bond donors (Lipinski definition) is 2. The molecule has 3 aromatic rings. The van der Waals surface area contributed by atoms with Crippen molar-refractivity contribution in [1.29, 1.82) is 0 Å². The van der Waals surface area contributed by atoms with Gasteiger partial charge in [-0.15, -0.1) is 11.3 Å². The van der Waals surface area contributed by atoms with E-state index in [2.05, 4.69) is 5.32 Å². The monoisotopic (exact) mass is 437 g/mol. The topological polar surface area (TPSA) is 75.6 Å². The second-order valence-corrected chi connectivity index (χ2v) is 7.33. The lowest BCUT2D eigenvalue weighted by atomic mass is 10.1. The highest BCUT2D eigenvalue weighted by atomic mass is 35.5. The number of benzene rings is 2. The van der Waals surface area contributed by atoms with Gasteiger partial charge < -0.3 is 15.2 Å². The van der Waals surface area contributed by atoms with Crippen LogP contribution < -0.4 is 5.32 Å².